The van der Waals surface area contributed by atoms with Crippen LogP contribution in [0.5, 0.6) is 0 Å². The zero-order chi connectivity index (χ0) is 11.7. The number of anilines is 2. The summed E-state index contributed by atoms with van der Waals surface area (Å²) in [5.41, 5.74) is 8.65. The van der Waals surface area contributed by atoms with E-state index in [1.54, 1.807) is 0 Å². The van der Waals surface area contributed by atoms with Crippen molar-refractivity contribution in [2.45, 2.75) is 26.4 Å². The van der Waals surface area contributed by atoms with Gasteiger partial charge in [-0.15, -0.1) is 0 Å². The zero-order valence-corrected chi connectivity index (χ0v) is 9.66. The van der Waals surface area contributed by atoms with Crippen molar-refractivity contribution in [3.05, 3.63) is 23.8 Å². The van der Waals surface area contributed by atoms with E-state index in [0.717, 1.165) is 23.5 Å². The molecule has 0 radical (unpaired) electrons. The van der Waals surface area contributed by atoms with Crippen molar-refractivity contribution in [3.8, 4) is 0 Å². The molecule has 1 amide bonds. The molecule has 2 rings (SSSR count). The highest BCUT2D eigenvalue weighted by Gasteiger charge is 2.28. The van der Waals surface area contributed by atoms with Crippen molar-refractivity contribution in [3.63, 3.8) is 0 Å². The van der Waals surface area contributed by atoms with Gasteiger partial charge in [-0.2, -0.15) is 0 Å². The molecule has 1 atom stereocenters. The highest BCUT2D eigenvalue weighted by atomic mass is 16.2. The van der Waals surface area contributed by atoms with Gasteiger partial charge in [0.05, 0.1) is 11.4 Å². The Bertz CT molecular complexity index is 417. The first-order valence-corrected chi connectivity index (χ1v) is 5.58. The van der Waals surface area contributed by atoms with Crippen LogP contribution in [-0.2, 0) is 11.3 Å². The summed E-state index contributed by atoms with van der Waals surface area (Å²) >= 11 is 0. The van der Waals surface area contributed by atoms with Gasteiger partial charge in [-0.25, -0.2) is 0 Å². The molecule has 1 aliphatic rings. The van der Waals surface area contributed by atoms with Crippen molar-refractivity contribution in [1.29, 1.82) is 0 Å². The summed E-state index contributed by atoms with van der Waals surface area (Å²) in [5, 5.41) is 2.90. The van der Waals surface area contributed by atoms with Crippen LogP contribution in [0.2, 0.25) is 0 Å². The molecule has 1 aromatic rings. The van der Waals surface area contributed by atoms with Gasteiger partial charge in [0.15, 0.2) is 0 Å². The number of nitrogens with zero attached hydrogens (tertiary/aromatic N) is 1. The molecule has 0 bridgehead atoms. The lowest BCUT2D eigenvalue weighted by molar-refractivity contribution is -0.117. The van der Waals surface area contributed by atoms with Gasteiger partial charge in [0.25, 0.3) is 0 Å². The second kappa shape index (κ2) is 4.14. The van der Waals surface area contributed by atoms with Crippen molar-refractivity contribution < 1.29 is 4.79 Å². The SMILES string of the molecule is CCN1c2cc(CN)ccc2NC(=O)C1C. The van der Waals surface area contributed by atoms with Crippen molar-refractivity contribution in [2.24, 2.45) is 5.73 Å². The van der Waals surface area contributed by atoms with Gasteiger partial charge in [-0.3, -0.25) is 4.79 Å². The molecule has 0 saturated heterocycles. The van der Waals surface area contributed by atoms with Crippen LogP contribution in [0.3, 0.4) is 0 Å². The number of nitrogens with one attached hydrogen (secondary N) is 1. The molecule has 1 aliphatic heterocycles. The van der Waals surface area contributed by atoms with Crippen LogP contribution in [0, 0.1) is 0 Å². The van der Waals surface area contributed by atoms with E-state index < -0.39 is 0 Å². The third-order valence-electron chi connectivity index (χ3n) is 3.05. The second-order valence-electron chi connectivity index (χ2n) is 4.01. The topological polar surface area (TPSA) is 58.4 Å². The highest BCUT2D eigenvalue weighted by molar-refractivity contribution is 6.03. The lowest BCUT2D eigenvalue weighted by atomic mass is 10.1. The van der Waals surface area contributed by atoms with Gasteiger partial charge < -0.3 is 16.0 Å². The fourth-order valence-corrected chi connectivity index (χ4v) is 2.08. The first kappa shape index (κ1) is 11.0. The van der Waals surface area contributed by atoms with Gasteiger partial charge in [-0.05, 0) is 31.5 Å². The molecule has 4 heteroatoms. The minimum atomic E-state index is -0.120. The third kappa shape index (κ3) is 1.65. The van der Waals surface area contributed by atoms with Crippen LogP contribution in [0.15, 0.2) is 18.2 Å². The fraction of sp³-hybridized carbons (Fsp3) is 0.417. The number of rotatable bonds is 2. The van der Waals surface area contributed by atoms with Crippen LogP contribution >= 0.6 is 0 Å². The number of fused-ring (bicyclic) bond motifs is 1. The van der Waals surface area contributed by atoms with Crippen LogP contribution < -0.4 is 16.0 Å². The lowest BCUT2D eigenvalue weighted by Crippen LogP contribution is -2.46. The molecule has 3 N–H and O–H groups in total. The number of benzene rings is 1. The zero-order valence-electron chi connectivity index (χ0n) is 9.66. The van der Waals surface area contributed by atoms with E-state index in [0.29, 0.717) is 6.54 Å². The summed E-state index contributed by atoms with van der Waals surface area (Å²) in [6.07, 6.45) is 0. The number of carbonyl (C=O) groups is 1. The molecule has 1 heterocycles. The third-order valence-corrected chi connectivity index (χ3v) is 3.05. The summed E-state index contributed by atoms with van der Waals surface area (Å²) in [5.74, 6) is 0.0508. The fourth-order valence-electron chi connectivity index (χ4n) is 2.08. The molecule has 0 saturated carbocycles. The Balaban J connectivity index is 2.47. The summed E-state index contributed by atoms with van der Waals surface area (Å²) < 4.78 is 0. The molecule has 1 aromatic carbocycles. The maximum absolute atomic E-state index is 11.7. The van der Waals surface area contributed by atoms with E-state index in [1.165, 1.54) is 0 Å². The van der Waals surface area contributed by atoms with Crippen LogP contribution in [0.4, 0.5) is 11.4 Å². The average molecular weight is 219 g/mol. The largest absolute Gasteiger partial charge is 0.358 e. The maximum Gasteiger partial charge on any atom is 0.246 e. The van der Waals surface area contributed by atoms with Gasteiger partial charge in [0.1, 0.15) is 6.04 Å². The molecule has 1 unspecified atom stereocenters. The minimum absolute atomic E-state index is 0.0508. The first-order valence-electron chi connectivity index (χ1n) is 5.58. The molecule has 0 aromatic heterocycles. The quantitative estimate of drug-likeness (QED) is 0.788. The minimum Gasteiger partial charge on any atom is -0.358 e. The Kier molecular flexibility index (Phi) is 2.83. The highest BCUT2D eigenvalue weighted by Crippen LogP contribution is 2.32. The van der Waals surface area contributed by atoms with E-state index in [9.17, 15) is 4.79 Å². The number of hydrogen-bond donors (Lipinski definition) is 2. The molecular formula is C12H17N3O. The average Bonchev–Trinajstić information content (AvgIpc) is 2.30. The van der Waals surface area contributed by atoms with Gasteiger partial charge in [0, 0.05) is 13.1 Å². The summed E-state index contributed by atoms with van der Waals surface area (Å²) in [6, 6.07) is 5.80. The molecule has 0 fully saturated rings. The summed E-state index contributed by atoms with van der Waals surface area (Å²) in [6.45, 7) is 5.30. The molecule has 0 aliphatic carbocycles. The summed E-state index contributed by atoms with van der Waals surface area (Å²) in [7, 11) is 0. The predicted molar refractivity (Wildman–Crippen MR) is 65.4 cm³/mol. The Morgan fingerprint density at radius 1 is 1.50 bits per heavy atom. The maximum atomic E-state index is 11.7. The molecule has 16 heavy (non-hydrogen) atoms. The monoisotopic (exact) mass is 219 g/mol. The Labute approximate surface area is 95.4 Å². The van der Waals surface area contributed by atoms with E-state index in [1.807, 2.05) is 26.0 Å². The van der Waals surface area contributed by atoms with E-state index in [-0.39, 0.29) is 11.9 Å². The van der Waals surface area contributed by atoms with Crippen molar-refractivity contribution in [1.82, 2.24) is 0 Å². The number of carbonyl (C=O) groups excluding carboxylic acids is 1. The van der Waals surface area contributed by atoms with Gasteiger partial charge in [-0.1, -0.05) is 6.07 Å². The van der Waals surface area contributed by atoms with E-state index in [4.69, 9.17) is 5.73 Å². The van der Waals surface area contributed by atoms with Crippen molar-refractivity contribution >= 4 is 17.3 Å². The first-order chi connectivity index (χ1) is 7.67. The molecule has 4 nitrogen and oxygen atoms in total. The Morgan fingerprint density at radius 3 is 2.88 bits per heavy atom. The van der Waals surface area contributed by atoms with E-state index >= 15 is 0 Å². The van der Waals surface area contributed by atoms with Crippen LogP contribution in [0.25, 0.3) is 0 Å². The number of likely N-dealkylation sites (N-methyl/N-ethyl adjacent to an activating group) is 1. The van der Waals surface area contributed by atoms with Crippen LogP contribution in [0.1, 0.15) is 19.4 Å². The van der Waals surface area contributed by atoms with Gasteiger partial charge >= 0.3 is 0 Å². The Morgan fingerprint density at radius 2 is 2.25 bits per heavy atom. The van der Waals surface area contributed by atoms with Crippen molar-refractivity contribution in [2.75, 3.05) is 16.8 Å². The normalized spacial score (nSPS) is 19.3. The molecule has 86 valence electrons. The number of nitrogens with two attached hydrogens (primary N) is 1. The second-order valence-corrected chi connectivity index (χ2v) is 4.01. The summed E-state index contributed by atoms with van der Waals surface area (Å²) in [4.78, 5) is 13.8. The standard InChI is InChI=1S/C12H17N3O/c1-3-15-8(2)12(16)14-10-5-4-9(7-13)6-11(10)15/h4-6,8H,3,7,13H2,1-2H3,(H,14,16). The van der Waals surface area contributed by atoms with Gasteiger partial charge in [0.2, 0.25) is 5.91 Å². The lowest BCUT2D eigenvalue weighted by Gasteiger charge is -2.35. The number of hydrogen-bond acceptors (Lipinski definition) is 3. The van der Waals surface area contributed by atoms with Crippen LogP contribution in [-0.4, -0.2) is 18.5 Å². The predicted octanol–water partition coefficient (Wildman–Crippen LogP) is 1.31. The Hall–Kier alpha value is -1.55. The number of amides is 1. The molecular weight excluding hydrogens is 202 g/mol. The van der Waals surface area contributed by atoms with E-state index in [2.05, 4.69) is 16.3 Å². The smallest absolute Gasteiger partial charge is 0.246 e. The molecule has 0 spiro atoms.